The molecule has 2 aromatic heterocycles. The van der Waals surface area contributed by atoms with Crippen molar-refractivity contribution in [1.29, 1.82) is 0 Å². The zero-order valence-corrected chi connectivity index (χ0v) is 12.1. The summed E-state index contributed by atoms with van der Waals surface area (Å²) in [6.45, 7) is 3.39. The predicted octanol–water partition coefficient (Wildman–Crippen LogP) is 2.59. The molecule has 0 aromatic carbocycles. The average molecular weight is 291 g/mol. The van der Waals surface area contributed by atoms with E-state index in [4.69, 9.17) is 9.15 Å². The van der Waals surface area contributed by atoms with Crippen LogP contribution in [0.25, 0.3) is 10.6 Å². The minimum Gasteiger partial charge on any atom is -0.442 e. The first-order valence-corrected chi connectivity index (χ1v) is 7.93. The van der Waals surface area contributed by atoms with Crippen LogP contribution >= 0.6 is 11.3 Å². The Morgan fingerprint density at radius 3 is 2.90 bits per heavy atom. The lowest BCUT2D eigenvalue weighted by Crippen LogP contribution is -2.36. The Kier molecular flexibility index (Phi) is 3.20. The Morgan fingerprint density at radius 2 is 2.10 bits per heavy atom. The molecule has 3 heterocycles. The SMILES string of the molecule is c1nc(CC2CC2)c(-c2cnc(N3CCOCC3)s2)o1. The van der Waals surface area contributed by atoms with Crippen molar-refractivity contribution in [3.8, 4) is 10.6 Å². The third-order valence-corrected chi connectivity index (χ3v) is 4.88. The van der Waals surface area contributed by atoms with Crippen LogP contribution in [0, 0.1) is 5.92 Å². The maximum Gasteiger partial charge on any atom is 0.186 e. The van der Waals surface area contributed by atoms with Crippen molar-refractivity contribution < 1.29 is 9.15 Å². The second-order valence-corrected chi connectivity index (χ2v) is 6.39. The summed E-state index contributed by atoms with van der Waals surface area (Å²) in [5, 5.41) is 1.05. The van der Waals surface area contributed by atoms with Crippen LogP contribution in [0.15, 0.2) is 17.0 Å². The number of morpholine rings is 1. The fraction of sp³-hybridized carbons (Fsp3) is 0.571. The summed E-state index contributed by atoms with van der Waals surface area (Å²) in [6.07, 6.45) is 7.16. The standard InChI is InChI=1S/C14H17N3O2S/c1-2-10(1)7-11-13(19-9-16-11)12-8-15-14(20-12)17-3-5-18-6-4-17/h8-10H,1-7H2. The largest absolute Gasteiger partial charge is 0.442 e. The maximum atomic E-state index is 5.60. The van der Waals surface area contributed by atoms with Crippen molar-refractivity contribution in [3.05, 3.63) is 18.3 Å². The van der Waals surface area contributed by atoms with Gasteiger partial charge < -0.3 is 14.1 Å². The van der Waals surface area contributed by atoms with Gasteiger partial charge in [-0.25, -0.2) is 9.97 Å². The molecule has 0 unspecified atom stereocenters. The molecule has 4 rings (SSSR count). The summed E-state index contributed by atoms with van der Waals surface area (Å²) >= 11 is 1.68. The Balaban J connectivity index is 1.56. The molecule has 1 aliphatic heterocycles. The van der Waals surface area contributed by atoms with E-state index in [0.29, 0.717) is 0 Å². The maximum absolute atomic E-state index is 5.60. The van der Waals surface area contributed by atoms with Crippen LogP contribution in [0.3, 0.4) is 0 Å². The molecule has 1 aliphatic carbocycles. The van der Waals surface area contributed by atoms with Crippen LogP contribution in [0.2, 0.25) is 0 Å². The van der Waals surface area contributed by atoms with Gasteiger partial charge in [-0.3, -0.25) is 0 Å². The average Bonchev–Trinajstić information content (AvgIpc) is 2.99. The van der Waals surface area contributed by atoms with Crippen LogP contribution in [-0.2, 0) is 11.2 Å². The number of anilines is 1. The minimum atomic E-state index is 0.782. The second kappa shape index (κ2) is 5.18. The molecule has 0 amide bonds. The fourth-order valence-corrected chi connectivity index (χ4v) is 3.46. The van der Waals surface area contributed by atoms with E-state index in [0.717, 1.165) is 60.1 Å². The predicted molar refractivity (Wildman–Crippen MR) is 77.1 cm³/mol. The molecule has 0 N–H and O–H groups in total. The zero-order valence-electron chi connectivity index (χ0n) is 11.2. The molecule has 2 aliphatic rings. The first kappa shape index (κ1) is 12.3. The topological polar surface area (TPSA) is 51.4 Å². The number of oxazole rings is 1. The van der Waals surface area contributed by atoms with E-state index >= 15 is 0 Å². The smallest absolute Gasteiger partial charge is 0.186 e. The summed E-state index contributed by atoms with van der Waals surface area (Å²) in [4.78, 5) is 12.3. The monoisotopic (exact) mass is 291 g/mol. The lowest BCUT2D eigenvalue weighted by Gasteiger charge is -2.25. The summed E-state index contributed by atoms with van der Waals surface area (Å²) in [5.41, 5.74) is 1.09. The number of ether oxygens (including phenoxy) is 1. The van der Waals surface area contributed by atoms with Gasteiger partial charge in [0.15, 0.2) is 17.3 Å². The molecular weight excluding hydrogens is 274 g/mol. The highest BCUT2D eigenvalue weighted by atomic mass is 32.1. The molecule has 2 fully saturated rings. The Hall–Kier alpha value is -1.40. The highest BCUT2D eigenvalue weighted by Crippen LogP contribution is 2.38. The van der Waals surface area contributed by atoms with Gasteiger partial charge in [-0.15, -0.1) is 0 Å². The zero-order chi connectivity index (χ0) is 13.4. The summed E-state index contributed by atoms with van der Waals surface area (Å²) in [5.74, 6) is 1.72. The van der Waals surface area contributed by atoms with Gasteiger partial charge in [-0.2, -0.15) is 0 Å². The van der Waals surface area contributed by atoms with Crippen molar-refractivity contribution in [3.63, 3.8) is 0 Å². The number of rotatable bonds is 4. The van der Waals surface area contributed by atoms with Crippen molar-refractivity contribution >= 4 is 16.5 Å². The van der Waals surface area contributed by atoms with E-state index in [1.54, 1.807) is 17.7 Å². The highest BCUT2D eigenvalue weighted by molar-refractivity contribution is 7.18. The fourth-order valence-electron chi connectivity index (χ4n) is 2.48. The van der Waals surface area contributed by atoms with E-state index in [1.165, 1.54) is 12.8 Å². The van der Waals surface area contributed by atoms with Gasteiger partial charge in [0.25, 0.3) is 0 Å². The molecule has 0 spiro atoms. The van der Waals surface area contributed by atoms with Gasteiger partial charge in [0.05, 0.1) is 30.0 Å². The van der Waals surface area contributed by atoms with Crippen molar-refractivity contribution in [2.45, 2.75) is 19.3 Å². The Morgan fingerprint density at radius 1 is 1.25 bits per heavy atom. The third-order valence-electron chi connectivity index (χ3n) is 3.82. The van der Waals surface area contributed by atoms with Crippen LogP contribution < -0.4 is 4.90 Å². The number of aromatic nitrogens is 2. The highest BCUT2D eigenvalue weighted by Gasteiger charge is 2.26. The van der Waals surface area contributed by atoms with Crippen LogP contribution in [0.4, 0.5) is 5.13 Å². The van der Waals surface area contributed by atoms with E-state index in [9.17, 15) is 0 Å². The van der Waals surface area contributed by atoms with E-state index in [-0.39, 0.29) is 0 Å². The molecule has 2 aromatic rings. The first-order valence-electron chi connectivity index (χ1n) is 7.11. The van der Waals surface area contributed by atoms with Crippen LogP contribution in [-0.4, -0.2) is 36.3 Å². The second-order valence-electron chi connectivity index (χ2n) is 5.38. The van der Waals surface area contributed by atoms with Crippen molar-refractivity contribution in [2.24, 2.45) is 5.92 Å². The van der Waals surface area contributed by atoms with Crippen LogP contribution in [0.1, 0.15) is 18.5 Å². The van der Waals surface area contributed by atoms with Gasteiger partial charge in [-0.1, -0.05) is 11.3 Å². The van der Waals surface area contributed by atoms with E-state index in [2.05, 4.69) is 14.9 Å². The minimum absolute atomic E-state index is 0.782. The van der Waals surface area contributed by atoms with Crippen molar-refractivity contribution in [2.75, 3.05) is 31.2 Å². The molecule has 5 nitrogen and oxygen atoms in total. The molecule has 20 heavy (non-hydrogen) atoms. The summed E-state index contributed by atoms with van der Waals surface area (Å²) in [7, 11) is 0. The van der Waals surface area contributed by atoms with E-state index < -0.39 is 0 Å². The third kappa shape index (κ3) is 2.45. The van der Waals surface area contributed by atoms with Crippen LogP contribution in [0.5, 0.6) is 0 Å². The molecule has 0 bridgehead atoms. The molecule has 0 atom stereocenters. The number of thiazole rings is 1. The number of hydrogen-bond donors (Lipinski definition) is 0. The van der Waals surface area contributed by atoms with Gasteiger partial charge >= 0.3 is 0 Å². The quantitative estimate of drug-likeness (QED) is 0.866. The van der Waals surface area contributed by atoms with Crippen molar-refractivity contribution in [1.82, 2.24) is 9.97 Å². The van der Waals surface area contributed by atoms with Gasteiger partial charge in [0.2, 0.25) is 0 Å². The van der Waals surface area contributed by atoms with Gasteiger partial charge in [0, 0.05) is 13.1 Å². The van der Waals surface area contributed by atoms with E-state index in [1.807, 2.05) is 6.20 Å². The number of nitrogens with zero attached hydrogens (tertiary/aromatic N) is 3. The summed E-state index contributed by atoms with van der Waals surface area (Å²) in [6, 6.07) is 0. The summed E-state index contributed by atoms with van der Waals surface area (Å²) < 4.78 is 11.0. The Bertz CT molecular complexity index is 585. The lowest BCUT2D eigenvalue weighted by molar-refractivity contribution is 0.122. The Labute approximate surface area is 121 Å². The molecule has 106 valence electrons. The van der Waals surface area contributed by atoms with Gasteiger partial charge in [0.1, 0.15) is 0 Å². The lowest BCUT2D eigenvalue weighted by atomic mass is 10.2. The molecule has 0 radical (unpaired) electrons. The van der Waals surface area contributed by atoms with Gasteiger partial charge in [-0.05, 0) is 25.2 Å². The molecule has 1 saturated carbocycles. The first-order chi connectivity index (χ1) is 9.90. The molecule has 1 saturated heterocycles. The molecule has 6 heteroatoms. The number of hydrogen-bond acceptors (Lipinski definition) is 6. The normalized spacial score (nSPS) is 19.5. The molecular formula is C14H17N3O2S.